The van der Waals surface area contributed by atoms with Crippen LogP contribution >= 0.6 is 11.8 Å². The normalized spacial score (nSPS) is 13.7. The lowest BCUT2D eigenvalue weighted by atomic mass is 9.97. The van der Waals surface area contributed by atoms with Gasteiger partial charge in [-0.05, 0) is 49.6 Å². The Bertz CT molecular complexity index is 904. The van der Waals surface area contributed by atoms with Gasteiger partial charge in [0.1, 0.15) is 10.6 Å². The lowest BCUT2D eigenvalue weighted by Gasteiger charge is -2.15. The van der Waals surface area contributed by atoms with Gasteiger partial charge in [-0.15, -0.1) is 11.8 Å². The molecule has 2 heterocycles. The van der Waals surface area contributed by atoms with Crippen molar-refractivity contribution >= 4 is 29.0 Å². The topological polar surface area (TPSA) is 59.3 Å². The molecule has 24 heavy (non-hydrogen) atoms. The summed E-state index contributed by atoms with van der Waals surface area (Å²) < 4.78 is 1.88. The van der Waals surface area contributed by atoms with Gasteiger partial charge in [0.25, 0.3) is 5.91 Å². The van der Waals surface area contributed by atoms with Crippen molar-refractivity contribution in [2.24, 2.45) is 0 Å². The molecule has 4 rings (SSSR count). The Hall–Kier alpha value is -2.34. The van der Waals surface area contributed by atoms with E-state index >= 15 is 0 Å². The highest BCUT2D eigenvalue weighted by molar-refractivity contribution is 7.98. The minimum atomic E-state index is -0.163. The Balaban J connectivity index is 1.81. The molecule has 0 unspecified atom stereocenters. The van der Waals surface area contributed by atoms with Crippen LogP contribution in [0.1, 0.15) is 34.5 Å². The number of anilines is 1. The first kappa shape index (κ1) is 15.2. The minimum Gasteiger partial charge on any atom is -0.322 e. The molecule has 5 nitrogen and oxygen atoms in total. The Morgan fingerprint density at radius 2 is 2.00 bits per heavy atom. The van der Waals surface area contributed by atoms with Crippen LogP contribution in [0.4, 0.5) is 5.69 Å². The first-order valence-electron chi connectivity index (χ1n) is 8.08. The molecule has 0 radical (unpaired) electrons. The van der Waals surface area contributed by atoms with Crippen LogP contribution in [0.25, 0.3) is 5.65 Å². The van der Waals surface area contributed by atoms with Crippen LogP contribution in [0.3, 0.4) is 0 Å². The summed E-state index contributed by atoms with van der Waals surface area (Å²) in [5.74, 6) is -0.163. The fourth-order valence-corrected chi connectivity index (χ4v) is 3.74. The number of aromatic nitrogens is 3. The summed E-state index contributed by atoms with van der Waals surface area (Å²) in [5.41, 5.74) is 4.42. The second kappa shape index (κ2) is 6.28. The SMILES string of the molecule is CSc1nn2c3c(cnc2c1C(=O)Nc1ccccc1)CCCC3. The molecule has 1 aliphatic carbocycles. The van der Waals surface area contributed by atoms with Crippen LogP contribution < -0.4 is 5.32 Å². The van der Waals surface area contributed by atoms with Gasteiger partial charge in [-0.2, -0.15) is 5.10 Å². The van der Waals surface area contributed by atoms with Crippen molar-refractivity contribution in [2.75, 3.05) is 11.6 Å². The van der Waals surface area contributed by atoms with E-state index in [0.29, 0.717) is 11.2 Å². The highest BCUT2D eigenvalue weighted by Crippen LogP contribution is 2.28. The van der Waals surface area contributed by atoms with Gasteiger partial charge in [0, 0.05) is 17.6 Å². The van der Waals surface area contributed by atoms with Gasteiger partial charge < -0.3 is 5.32 Å². The standard InChI is InChI=1S/C18H18N4OS/c1-24-18-15(17(23)20-13-8-3-2-4-9-13)16-19-11-12-7-5-6-10-14(12)22(16)21-18/h2-4,8-9,11H,5-7,10H2,1H3,(H,20,23). The van der Waals surface area contributed by atoms with Gasteiger partial charge in [-0.1, -0.05) is 18.2 Å². The Labute approximate surface area is 144 Å². The van der Waals surface area contributed by atoms with Crippen molar-refractivity contribution in [2.45, 2.75) is 30.7 Å². The zero-order valence-corrected chi connectivity index (χ0v) is 14.3. The molecule has 0 spiro atoms. The van der Waals surface area contributed by atoms with Crippen molar-refractivity contribution in [3.05, 3.63) is 53.3 Å². The fourth-order valence-electron chi connectivity index (χ4n) is 3.19. The van der Waals surface area contributed by atoms with E-state index < -0.39 is 0 Å². The molecule has 1 aromatic carbocycles. The number of nitrogens with zero attached hydrogens (tertiary/aromatic N) is 3. The minimum absolute atomic E-state index is 0.163. The third-order valence-electron chi connectivity index (χ3n) is 4.36. The Morgan fingerprint density at radius 3 is 2.79 bits per heavy atom. The zero-order chi connectivity index (χ0) is 16.5. The summed E-state index contributed by atoms with van der Waals surface area (Å²) in [6.07, 6.45) is 8.23. The molecule has 2 aromatic heterocycles. The summed E-state index contributed by atoms with van der Waals surface area (Å²) in [6.45, 7) is 0. The number of hydrogen-bond acceptors (Lipinski definition) is 4. The molecule has 122 valence electrons. The van der Waals surface area contributed by atoms with Crippen molar-refractivity contribution in [1.29, 1.82) is 0 Å². The van der Waals surface area contributed by atoms with Crippen LogP contribution in [-0.2, 0) is 12.8 Å². The molecule has 0 saturated heterocycles. The summed E-state index contributed by atoms with van der Waals surface area (Å²) in [7, 11) is 0. The molecule has 1 amide bonds. The zero-order valence-electron chi connectivity index (χ0n) is 13.5. The second-order valence-corrected chi connectivity index (χ2v) is 6.67. The van der Waals surface area contributed by atoms with Crippen molar-refractivity contribution in [1.82, 2.24) is 14.6 Å². The lowest BCUT2D eigenvalue weighted by molar-refractivity contribution is 0.102. The molecule has 1 aliphatic rings. The fraction of sp³-hybridized carbons (Fsp3) is 0.278. The first-order chi connectivity index (χ1) is 11.8. The quantitative estimate of drug-likeness (QED) is 0.742. The summed E-state index contributed by atoms with van der Waals surface area (Å²) >= 11 is 1.48. The van der Waals surface area contributed by atoms with E-state index in [1.807, 2.05) is 47.3 Å². The number of para-hydroxylation sites is 1. The highest BCUT2D eigenvalue weighted by atomic mass is 32.2. The molecule has 0 aliphatic heterocycles. The van der Waals surface area contributed by atoms with Crippen molar-refractivity contribution in [3.8, 4) is 0 Å². The molecule has 3 aromatic rings. The van der Waals surface area contributed by atoms with Crippen LogP contribution in [0, 0.1) is 0 Å². The van der Waals surface area contributed by atoms with Crippen molar-refractivity contribution in [3.63, 3.8) is 0 Å². The number of benzene rings is 1. The smallest absolute Gasteiger partial charge is 0.262 e. The van der Waals surface area contributed by atoms with Crippen LogP contribution in [0.5, 0.6) is 0 Å². The first-order valence-corrected chi connectivity index (χ1v) is 9.30. The number of amides is 1. The Morgan fingerprint density at radius 1 is 1.21 bits per heavy atom. The molecule has 0 saturated carbocycles. The molecular formula is C18H18N4OS. The summed E-state index contributed by atoms with van der Waals surface area (Å²) in [6, 6.07) is 9.47. The highest BCUT2D eigenvalue weighted by Gasteiger charge is 2.24. The maximum Gasteiger partial charge on any atom is 0.262 e. The van der Waals surface area contributed by atoms with Crippen LogP contribution in [-0.4, -0.2) is 26.8 Å². The summed E-state index contributed by atoms with van der Waals surface area (Å²) in [5, 5.41) is 8.33. The number of hydrogen-bond donors (Lipinski definition) is 1. The number of fused-ring (bicyclic) bond motifs is 3. The van der Waals surface area contributed by atoms with Crippen LogP contribution in [0.2, 0.25) is 0 Å². The van der Waals surface area contributed by atoms with E-state index in [0.717, 1.165) is 30.0 Å². The molecule has 6 heteroatoms. The largest absolute Gasteiger partial charge is 0.322 e. The van der Waals surface area contributed by atoms with E-state index in [-0.39, 0.29) is 5.91 Å². The van der Waals surface area contributed by atoms with E-state index in [4.69, 9.17) is 0 Å². The van der Waals surface area contributed by atoms with E-state index in [9.17, 15) is 4.79 Å². The maximum absolute atomic E-state index is 12.8. The second-order valence-electron chi connectivity index (χ2n) is 5.88. The van der Waals surface area contributed by atoms with Gasteiger partial charge in [0.15, 0.2) is 5.65 Å². The van der Waals surface area contributed by atoms with E-state index in [2.05, 4.69) is 15.4 Å². The average Bonchev–Trinajstić information content (AvgIpc) is 3.01. The predicted molar refractivity (Wildman–Crippen MR) is 95.8 cm³/mol. The van der Waals surface area contributed by atoms with Gasteiger partial charge in [-0.3, -0.25) is 4.79 Å². The number of carbonyl (C=O) groups is 1. The predicted octanol–water partition coefficient (Wildman–Crippen LogP) is 3.58. The maximum atomic E-state index is 12.8. The monoisotopic (exact) mass is 338 g/mol. The number of nitrogens with one attached hydrogen (secondary N) is 1. The van der Waals surface area contributed by atoms with E-state index in [1.54, 1.807) is 0 Å². The third kappa shape index (κ3) is 2.57. The number of aryl methyl sites for hydroxylation is 2. The molecule has 0 atom stereocenters. The van der Waals surface area contributed by atoms with Gasteiger partial charge >= 0.3 is 0 Å². The average molecular weight is 338 g/mol. The number of carbonyl (C=O) groups excluding carboxylic acids is 1. The van der Waals surface area contributed by atoms with Gasteiger partial charge in [0.2, 0.25) is 0 Å². The van der Waals surface area contributed by atoms with Crippen LogP contribution in [0.15, 0.2) is 41.6 Å². The van der Waals surface area contributed by atoms with Gasteiger partial charge in [-0.25, -0.2) is 9.50 Å². The van der Waals surface area contributed by atoms with Gasteiger partial charge in [0.05, 0.1) is 0 Å². The lowest BCUT2D eigenvalue weighted by Crippen LogP contribution is -2.14. The molecule has 0 bridgehead atoms. The molecular weight excluding hydrogens is 320 g/mol. The summed E-state index contributed by atoms with van der Waals surface area (Å²) in [4.78, 5) is 17.4. The van der Waals surface area contributed by atoms with E-state index in [1.165, 1.54) is 29.4 Å². The number of thioether (sulfide) groups is 1. The third-order valence-corrected chi connectivity index (χ3v) is 5.03. The molecule has 1 N–H and O–H groups in total. The Kier molecular flexibility index (Phi) is 3.98. The van der Waals surface area contributed by atoms with Crippen molar-refractivity contribution < 1.29 is 4.79 Å². The number of rotatable bonds is 3. The molecule has 0 fully saturated rings.